The molecule has 14 heavy (non-hydrogen) atoms. The summed E-state index contributed by atoms with van der Waals surface area (Å²) in [7, 11) is -1.10. The number of allylic oxidation sites excluding steroid dienone is 1. The molecule has 0 bridgehead atoms. The van der Waals surface area contributed by atoms with Crippen LogP contribution < -0.4 is 0 Å². The summed E-state index contributed by atoms with van der Waals surface area (Å²) in [4.78, 5) is 10.6. The van der Waals surface area contributed by atoms with Gasteiger partial charge < -0.3 is 7.36 Å². The Bertz CT molecular complexity index is 257. The van der Waals surface area contributed by atoms with Crippen LogP contribution in [0.4, 0.5) is 0 Å². The van der Waals surface area contributed by atoms with Crippen molar-refractivity contribution in [3.8, 4) is 0 Å². The van der Waals surface area contributed by atoms with Crippen molar-refractivity contribution in [1.29, 1.82) is 0 Å². The number of phosphoric acid groups is 1. The van der Waals surface area contributed by atoms with E-state index in [0.717, 1.165) is 0 Å². The maximum atomic E-state index is 11.3. The average Bonchev–Trinajstić information content (AvgIpc) is 2.17. The molecular weight excluding hydrogens is 226 g/mol. The topological polar surface area (TPSA) is 71.1 Å². The Hall–Kier alpha value is -0.148. The molecule has 0 aromatic heterocycles. The lowest BCUT2D eigenvalue weighted by Gasteiger charge is -2.13. The molecule has 8 heteroatoms. The van der Waals surface area contributed by atoms with Crippen molar-refractivity contribution in [3.05, 3.63) is 12.3 Å². The first kappa shape index (κ1) is 13.9. The molecule has 0 fully saturated rings. The molecule has 0 spiro atoms. The van der Waals surface area contributed by atoms with E-state index in [1.165, 1.54) is 21.1 Å². The van der Waals surface area contributed by atoms with Crippen LogP contribution in [0, 0.1) is 0 Å². The van der Waals surface area contributed by atoms with Crippen molar-refractivity contribution in [3.63, 3.8) is 0 Å². The Morgan fingerprint density at radius 2 is 1.86 bits per heavy atom. The summed E-state index contributed by atoms with van der Waals surface area (Å²) in [5, 5.41) is 0. The van der Waals surface area contributed by atoms with Gasteiger partial charge in [0.2, 0.25) is 0 Å². The van der Waals surface area contributed by atoms with Crippen molar-refractivity contribution in [1.82, 2.24) is 0 Å². The van der Waals surface area contributed by atoms with E-state index in [2.05, 4.69) is 15.6 Å². The van der Waals surface area contributed by atoms with Gasteiger partial charge in [-0.15, -0.1) is 0 Å². The van der Waals surface area contributed by atoms with Gasteiger partial charge in [0.25, 0.3) is 0 Å². The van der Waals surface area contributed by atoms with Crippen molar-refractivity contribution in [2.45, 2.75) is 6.92 Å². The molecule has 0 aliphatic carbocycles. The molecule has 0 aliphatic heterocycles. The van der Waals surface area contributed by atoms with Gasteiger partial charge in [-0.2, -0.15) is 0 Å². The smallest absolute Gasteiger partial charge is 0.622 e. The summed E-state index contributed by atoms with van der Waals surface area (Å²) < 4.78 is 29.8. The summed E-state index contributed by atoms with van der Waals surface area (Å²) in [5.74, 6) is -0.318. The second-order valence-electron chi connectivity index (χ2n) is 2.18. The minimum atomic E-state index is -3.48. The predicted octanol–water partition coefficient (Wildman–Crippen LogP) is 0.790. The normalized spacial score (nSPS) is 10.8. The van der Waals surface area contributed by atoms with Crippen LogP contribution in [0.2, 0.25) is 0 Å². The maximum Gasteiger partial charge on any atom is 0.749 e. The number of carbonyl (C=O) groups excluding carboxylic acids is 1. The van der Waals surface area contributed by atoms with E-state index in [1.807, 2.05) is 0 Å². The lowest BCUT2D eigenvalue weighted by molar-refractivity contribution is -0.115. The highest BCUT2D eigenvalue weighted by Crippen LogP contribution is 2.46. The van der Waals surface area contributed by atoms with Crippen LogP contribution in [0.15, 0.2) is 12.3 Å². The molecule has 80 valence electrons. The monoisotopic (exact) mass is 238 g/mol. The van der Waals surface area contributed by atoms with Gasteiger partial charge >= 0.3 is 23.7 Å². The standard InChI is InChI=1S/C4H6O2.C2H7O4P.Al.H/c1-3(5)4(2)6;1-5-7(3,4)6-2;;/h5H,1H2,2H3;1-2H3,(H,3,4);;/q;;+2;/p-2. The summed E-state index contributed by atoms with van der Waals surface area (Å²) in [5.41, 5.74) is 0. The first-order valence-electron chi connectivity index (χ1n) is 3.64. The number of hydrogen-bond acceptors (Lipinski definition) is 6. The van der Waals surface area contributed by atoms with Crippen molar-refractivity contribution >= 4 is 29.5 Å². The highest BCUT2D eigenvalue weighted by atomic mass is 31.2. The first-order chi connectivity index (χ1) is 6.45. The van der Waals surface area contributed by atoms with E-state index in [0.29, 0.717) is 0 Å². The number of phosphoric ester groups is 1. The van der Waals surface area contributed by atoms with E-state index >= 15 is 0 Å². The van der Waals surface area contributed by atoms with Gasteiger partial charge in [-0.05, 0) is 0 Å². The molecule has 0 amide bonds. The molecule has 0 heterocycles. The van der Waals surface area contributed by atoms with Gasteiger partial charge in [-0.1, -0.05) is 6.58 Å². The molecule has 0 saturated heterocycles. The second-order valence-corrected chi connectivity index (χ2v) is 5.36. The zero-order valence-corrected chi connectivity index (χ0v) is 10.6. The molecule has 0 saturated carbocycles. The number of Topliss-reactive ketones (excluding diaryl/α,β-unsaturated/α-hetero) is 1. The summed E-state index contributed by atoms with van der Waals surface area (Å²) in [6, 6.07) is 0. The average molecular weight is 238 g/mol. The number of carbonyl (C=O) groups is 1. The van der Waals surface area contributed by atoms with Crippen molar-refractivity contribution in [2.24, 2.45) is 0 Å². The zero-order chi connectivity index (χ0) is 11.2. The van der Waals surface area contributed by atoms with Gasteiger partial charge in [-0.25, -0.2) is 4.57 Å². The van der Waals surface area contributed by atoms with Gasteiger partial charge in [0.05, 0.1) is 0 Å². The Labute approximate surface area is 89.2 Å². The van der Waals surface area contributed by atoms with Crippen molar-refractivity contribution in [2.75, 3.05) is 14.2 Å². The van der Waals surface area contributed by atoms with Crippen LogP contribution in [0.25, 0.3) is 0 Å². The number of ketones is 1. The van der Waals surface area contributed by atoms with Crippen LogP contribution in [0.3, 0.4) is 0 Å². The summed E-state index contributed by atoms with van der Waals surface area (Å²) in [6.07, 6.45) is 0. The van der Waals surface area contributed by atoms with Gasteiger partial charge in [-0.3, -0.25) is 13.8 Å². The molecule has 0 unspecified atom stereocenters. The van der Waals surface area contributed by atoms with Crippen LogP contribution in [-0.2, 0) is 25.8 Å². The Morgan fingerprint density at radius 1 is 1.36 bits per heavy atom. The lowest BCUT2D eigenvalue weighted by atomic mass is 10.4. The zero-order valence-electron chi connectivity index (χ0n) is 8.31. The molecule has 0 atom stereocenters. The van der Waals surface area contributed by atoms with E-state index in [4.69, 9.17) is 7.36 Å². The minimum Gasteiger partial charge on any atom is -0.622 e. The quantitative estimate of drug-likeness (QED) is 0.282. The largest absolute Gasteiger partial charge is 0.749 e. The van der Waals surface area contributed by atoms with Gasteiger partial charge in [0, 0.05) is 21.1 Å². The number of hydrogen-bond donors (Lipinski definition) is 0. The highest BCUT2D eigenvalue weighted by molar-refractivity contribution is 7.49. The summed E-state index contributed by atoms with van der Waals surface area (Å²) in [6.45, 7) is 4.65. The molecule has 6 nitrogen and oxygen atoms in total. The number of rotatable bonds is 7. The minimum absolute atomic E-state index is 0.0181. The molecule has 0 rings (SSSR count). The van der Waals surface area contributed by atoms with Crippen LogP contribution >= 0.6 is 7.82 Å². The molecule has 0 radical (unpaired) electrons. The van der Waals surface area contributed by atoms with Gasteiger partial charge in [0.1, 0.15) is 5.76 Å². The SMILES string of the molecule is C=C([O][AlH][O]P(=O)(OC)OC)C(C)=O. The molecule has 0 aliphatic rings. The maximum absolute atomic E-state index is 11.3. The molecule has 0 N–H and O–H groups in total. The Morgan fingerprint density at radius 3 is 2.21 bits per heavy atom. The second kappa shape index (κ2) is 6.36. The van der Waals surface area contributed by atoms with Crippen LogP contribution in [-0.4, -0.2) is 35.9 Å². The molecular formula is C6H12AlO6P. The molecule has 0 aromatic rings. The summed E-state index contributed by atoms with van der Waals surface area (Å²) >= 11 is -1.64. The van der Waals surface area contributed by atoms with E-state index in [1.54, 1.807) is 0 Å². The highest BCUT2D eigenvalue weighted by Gasteiger charge is 2.24. The van der Waals surface area contributed by atoms with Crippen molar-refractivity contribution < 1.29 is 25.8 Å². The fourth-order valence-corrected chi connectivity index (χ4v) is 2.51. The van der Waals surface area contributed by atoms with E-state index in [9.17, 15) is 9.36 Å². The first-order valence-corrected chi connectivity index (χ1v) is 6.25. The fourth-order valence-electron chi connectivity index (χ4n) is 0.444. The van der Waals surface area contributed by atoms with Gasteiger partial charge in [0.15, 0.2) is 5.78 Å². The lowest BCUT2D eigenvalue weighted by Crippen LogP contribution is -2.08. The molecule has 0 aromatic carbocycles. The third kappa shape index (κ3) is 4.92. The van der Waals surface area contributed by atoms with E-state index < -0.39 is 23.7 Å². The fraction of sp³-hybridized carbons (Fsp3) is 0.500. The predicted molar refractivity (Wildman–Crippen MR) is 50.8 cm³/mol. The third-order valence-corrected chi connectivity index (χ3v) is 4.33. The van der Waals surface area contributed by atoms with Crippen LogP contribution in [0.1, 0.15) is 6.92 Å². The Kier molecular flexibility index (Phi) is 6.29. The van der Waals surface area contributed by atoms with Crippen LogP contribution in [0.5, 0.6) is 0 Å². The van der Waals surface area contributed by atoms with E-state index in [-0.39, 0.29) is 11.5 Å². The Balaban J connectivity index is 3.90. The third-order valence-electron chi connectivity index (χ3n) is 1.28.